The zero-order valence-electron chi connectivity index (χ0n) is 14.0. The first kappa shape index (κ1) is 19.2. The summed E-state index contributed by atoms with van der Waals surface area (Å²) >= 11 is 1.52. The molecule has 0 spiro atoms. The van der Waals surface area contributed by atoms with E-state index in [4.69, 9.17) is 9.84 Å². The summed E-state index contributed by atoms with van der Waals surface area (Å²) < 4.78 is 44.9. The monoisotopic (exact) mass is 399 g/mol. The molecule has 0 saturated carbocycles. The minimum absolute atomic E-state index is 0.158. The van der Waals surface area contributed by atoms with Gasteiger partial charge in [-0.05, 0) is 29.6 Å². The van der Waals surface area contributed by atoms with Crippen LogP contribution in [0.3, 0.4) is 0 Å². The van der Waals surface area contributed by atoms with Crippen LogP contribution in [0.1, 0.15) is 15.2 Å². The van der Waals surface area contributed by atoms with Gasteiger partial charge in [0.15, 0.2) is 0 Å². The van der Waals surface area contributed by atoms with Crippen LogP contribution < -0.4 is 4.74 Å². The molecule has 1 aromatic heterocycles. The Hall–Kier alpha value is -2.55. The molecule has 0 aliphatic carbocycles. The van der Waals surface area contributed by atoms with Gasteiger partial charge in [-0.15, -0.1) is 11.3 Å². The zero-order chi connectivity index (χ0) is 19.6. The van der Waals surface area contributed by atoms with Crippen LogP contribution in [0.25, 0.3) is 0 Å². The Morgan fingerprint density at radius 3 is 2.59 bits per heavy atom. The van der Waals surface area contributed by atoms with Crippen LogP contribution in [-0.4, -0.2) is 41.1 Å². The number of carboxylic acids is 1. The third-order valence-corrected chi connectivity index (χ3v) is 5.24. The molecule has 5 nitrogen and oxygen atoms in total. The average Bonchev–Trinajstić information content (AvgIpc) is 3.29. The third kappa shape index (κ3) is 4.41. The van der Waals surface area contributed by atoms with Gasteiger partial charge in [-0.3, -0.25) is 9.59 Å². The highest BCUT2D eigenvalue weighted by molar-refractivity contribution is 7.09. The van der Waals surface area contributed by atoms with E-state index in [0.29, 0.717) is 12.4 Å². The number of alkyl halides is 3. The molecule has 1 saturated heterocycles. The topological polar surface area (TPSA) is 66.8 Å². The molecule has 3 rings (SSSR count). The Morgan fingerprint density at radius 2 is 2.00 bits per heavy atom. The first-order valence-electron chi connectivity index (χ1n) is 8.09. The van der Waals surface area contributed by atoms with Crippen molar-refractivity contribution in [2.75, 3.05) is 13.1 Å². The number of carbonyl (C=O) groups is 2. The van der Waals surface area contributed by atoms with Crippen LogP contribution in [-0.2, 0) is 11.4 Å². The molecule has 1 aliphatic rings. The molecule has 1 aliphatic heterocycles. The van der Waals surface area contributed by atoms with Crippen molar-refractivity contribution in [3.05, 3.63) is 52.2 Å². The summed E-state index contributed by atoms with van der Waals surface area (Å²) in [7, 11) is 0. The lowest BCUT2D eigenvalue weighted by Gasteiger charge is -2.18. The van der Waals surface area contributed by atoms with Gasteiger partial charge >= 0.3 is 12.1 Å². The number of hydrogen-bond acceptors (Lipinski definition) is 4. The maximum absolute atomic E-state index is 13.1. The molecule has 0 bridgehead atoms. The molecule has 27 heavy (non-hydrogen) atoms. The summed E-state index contributed by atoms with van der Waals surface area (Å²) in [5.41, 5.74) is 0.158. The number of carbonyl (C=O) groups excluding carboxylic acids is 1. The Morgan fingerprint density at radius 1 is 1.22 bits per heavy atom. The van der Waals surface area contributed by atoms with E-state index in [1.165, 1.54) is 23.5 Å². The predicted molar refractivity (Wildman–Crippen MR) is 91.7 cm³/mol. The van der Waals surface area contributed by atoms with Crippen molar-refractivity contribution >= 4 is 23.2 Å². The van der Waals surface area contributed by atoms with E-state index in [9.17, 15) is 22.8 Å². The molecule has 2 heterocycles. The predicted octanol–water partition coefficient (Wildman–Crippen LogP) is 3.66. The molecule has 2 aromatic rings. The third-order valence-electron chi connectivity index (χ3n) is 4.39. The normalized spacial score (nSPS) is 19.9. The fourth-order valence-corrected chi connectivity index (χ4v) is 3.62. The summed E-state index contributed by atoms with van der Waals surface area (Å²) in [5.74, 6) is -5.52. The highest BCUT2D eigenvalue weighted by Gasteiger charge is 2.53. The molecule has 2 atom stereocenters. The number of aliphatic carboxylic acids is 1. The van der Waals surface area contributed by atoms with Gasteiger partial charge in [0.1, 0.15) is 12.4 Å². The van der Waals surface area contributed by atoms with E-state index in [2.05, 4.69) is 0 Å². The molecular formula is C18H16F3NO4S. The summed E-state index contributed by atoms with van der Waals surface area (Å²) in [5, 5.41) is 11.0. The highest BCUT2D eigenvalue weighted by Crippen LogP contribution is 2.38. The maximum Gasteiger partial charge on any atom is 0.394 e. The lowest BCUT2D eigenvalue weighted by molar-refractivity contribution is -0.187. The van der Waals surface area contributed by atoms with Gasteiger partial charge in [0.2, 0.25) is 0 Å². The molecule has 0 radical (unpaired) electrons. The van der Waals surface area contributed by atoms with E-state index in [0.717, 1.165) is 9.78 Å². The van der Waals surface area contributed by atoms with Crippen LogP contribution in [0.4, 0.5) is 13.2 Å². The molecule has 1 fully saturated rings. The molecule has 0 unspecified atom stereocenters. The Balaban J connectivity index is 1.72. The number of amides is 1. The second-order valence-corrected chi connectivity index (χ2v) is 7.23. The lowest BCUT2D eigenvalue weighted by atomic mass is 9.96. The van der Waals surface area contributed by atoms with Gasteiger partial charge in [0, 0.05) is 23.5 Å². The number of benzene rings is 1. The van der Waals surface area contributed by atoms with E-state index in [1.54, 1.807) is 12.1 Å². The number of halogens is 3. The quantitative estimate of drug-likeness (QED) is 0.833. The molecule has 1 N–H and O–H groups in total. The molecule has 1 amide bonds. The van der Waals surface area contributed by atoms with Gasteiger partial charge in [-0.1, -0.05) is 12.1 Å². The average molecular weight is 399 g/mol. The number of carboxylic acid groups (broad SMARTS) is 1. The highest BCUT2D eigenvalue weighted by atomic mass is 32.1. The smallest absolute Gasteiger partial charge is 0.394 e. The van der Waals surface area contributed by atoms with E-state index >= 15 is 0 Å². The fourth-order valence-electron chi connectivity index (χ4n) is 3.00. The van der Waals surface area contributed by atoms with Crippen LogP contribution in [0.5, 0.6) is 5.75 Å². The number of nitrogens with zero attached hydrogens (tertiary/aromatic N) is 1. The number of rotatable bonds is 5. The van der Waals surface area contributed by atoms with E-state index in [-0.39, 0.29) is 5.56 Å². The van der Waals surface area contributed by atoms with Crippen molar-refractivity contribution in [1.82, 2.24) is 4.90 Å². The Bertz CT molecular complexity index is 822. The number of ether oxygens (including phenoxy) is 1. The molecular weight excluding hydrogens is 383 g/mol. The van der Waals surface area contributed by atoms with Crippen molar-refractivity contribution in [3.63, 3.8) is 0 Å². The standard InChI is InChI=1S/C18H16F3NO4S/c19-18(20,21)15-9-22(8-14(15)17(24)25)16(23)11-3-1-4-12(7-11)26-10-13-5-2-6-27-13/h1-7,14-15H,8-10H2,(H,24,25)/t14-,15-/m1/s1. The number of thiophene rings is 1. The minimum Gasteiger partial charge on any atom is -0.488 e. The second kappa shape index (κ2) is 7.59. The molecule has 1 aromatic carbocycles. The van der Waals surface area contributed by atoms with Crippen LogP contribution in [0.15, 0.2) is 41.8 Å². The lowest BCUT2D eigenvalue weighted by Crippen LogP contribution is -2.34. The van der Waals surface area contributed by atoms with Crippen molar-refractivity contribution in [2.45, 2.75) is 12.8 Å². The van der Waals surface area contributed by atoms with Crippen LogP contribution in [0.2, 0.25) is 0 Å². The summed E-state index contributed by atoms with van der Waals surface area (Å²) in [4.78, 5) is 25.7. The van der Waals surface area contributed by atoms with Gasteiger partial charge in [0.25, 0.3) is 5.91 Å². The Kier molecular flexibility index (Phi) is 5.41. The maximum atomic E-state index is 13.1. The van der Waals surface area contributed by atoms with Gasteiger partial charge in [-0.25, -0.2) is 0 Å². The fraction of sp³-hybridized carbons (Fsp3) is 0.333. The van der Waals surface area contributed by atoms with Crippen LogP contribution in [0, 0.1) is 11.8 Å². The number of hydrogen-bond donors (Lipinski definition) is 1. The van der Waals surface area contributed by atoms with Gasteiger partial charge in [0.05, 0.1) is 11.8 Å². The largest absolute Gasteiger partial charge is 0.488 e. The van der Waals surface area contributed by atoms with Crippen molar-refractivity contribution < 1.29 is 32.6 Å². The molecule has 144 valence electrons. The van der Waals surface area contributed by atoms with Crippen molar-refractivity contribution in [2.24, 2.45) is 11.8 Å². The summed E-state index contributed by atoms with van der Waals surface area (Å²) in [6.45, 7) is -0.825. The first-order chi connectivity index (χ1) is 12.8. The van der Waals surface area contributed by atoms with E-state index < -0.39 is 43.0 Å². The van der Waals surface area contributed by atoms with Gasteiger partial charge in [-0.2, -0.15) is 13.2 Å². The van der Waals surface area contributed by atoms with Crippen molar-refractivity contribution in [3.8, 4) is 5.75 Å². The van der Waals surface area contributed by atoms with Crippen LogP contribution >= 0.6 is 11.3 Å². The minimum atomic E-state index is -4.68. The zero-order valence-corrected chi connectivity index (χ0v) is 14.8. The SMILES string of the molecule is O=C(O)[C@@H]1CN(C(=O)c2cccc(OCc3cccs3)c2)C[C@H]1C(F)(F)F. The van der Waals surface area contributed by atoms with Gasteiger partial charge < -0.3 is 14.7 Å². The number of likely N-dealkylation sites (tertiary alicyclic amines) is 1. The Labute approximate surface area is 157 Å². The summed E-state index contributed by atoms with van der Waals surface area (Å²) in [6.07, 6.45) is -4.68. The van der Waals surface area contributed by atoms with E-state index in [1.807, 2.05) is 17.5 Å². The molecule has 9 heteroatoms. The van der Waals surface area contributed by atoms with Crippen molar-refractivity contribution in [1.29, 1.82) is 0 Å². The second-order valence-electron chi connectivity index (χ2n) is 6.20. The summed E-state index contributed by atoms with van der Waals surface area (Å²) in [6, 6.07) is 9.92. The first-order valence-corrected chi connectivity index (χ1v) is 8.97.